The van der Waals surface area contributed by atoms with Crippen LogP contribution in [-0.2, 0) is 17.8 Å². The molecule has 110 valence electrons. The summed E-state index contributed by atoms with van der Waals surface area (Å²) < 4.78 is 13.5. The molecular formula is C16H18FN3O. The molecule has 0 saturated carbocycles. The Hall–Kier alpha value is -1.88. The first-order valence-electron chi connectivity index (χ1n) is 7.47. The molecule has 1 amide bonds. The van der Waals surface area contributed by atoms with Crippen LogP contribution in [0.2, 0.25) is 0 Å². The number of carbonyl (C=O) groups is 1. The molecule has 2 aliphatic rings. The molecule has 1 fully saturated rings. The molecule has 2 aliphatic heterocycles. The van der Waals surface area contributed by atoms with Crippen molar-refractivity contribution in [2.45, 2.75) is 19.4 Å². The van der Waals surface area contributed by atoms with Crippen LogP contribution >= 0.6 is 0 Å². The second-order valence-electron chi connectivity index (χ2n) is 6.13. The van der Waals surface area contributed by atoms with Gasteiger partial charge in [-0.3, -0.25) is 9.69 Å². The highest BCUT2D eigenvalue weighted by Gasteiger charge is 2.27. The minimum atomic E-state index is -0.188. The van der Waals surface area contributed by atoms with Gasteiger partial charge < -0.3 is 10.3 Å². The van der Waals surface area contributed by atoms with Crippen LogP contribution in [0.3, 0.4) is 0 Å². The molecule has 0 unspecified atom stereocenters. The lowest BCUT2D eigenvalue weighted by atomic mass is 10.0. The average Bonchev–Trinajstić information content (AvgIpc) is 3.02. The zero-order valence-electron chi connectivity index (χ0n) is 11.8. The van der Waals surface area contributed by atoms with Crippen molar-refractivity contribution in [3.8, 4) is 0 Å². The van der Waals surface area contributed by atoms with Crippen LogP contribution < -0.4 is 5.32 Å². The standard InChI is InChI=1S/C16H18FN3O/c17-11-1-2-14-12(6-11)13-9-20(4-3-15(13)19-14)8-10-5-16(21)18-7-10/h1-2,6,10,19H,3-5,7-9H2,(H,18,21)/t10-/m1/s1. The zero-order valence-corrected chi connectivity index (χ0v) is 11.8. The van der Waals surface area contributed by atoms with Gasteiger partial charge in [0.15, 0.2) is 0 Å². The molecule has 2 N–H and O–H groups in total. The van der Waals surface area contributed by atoms with E-state index in [-0.39, 0.29) is 11.7 Å². The number of hydrogen-bond donors (Lipinski definition) is 2. The molecule has 0 bridgehead atoms. The summed E-state index contributed by atoms with van der Waals surface area (Å²) in [6.45, 7) is 3.54. The Kier molecular flexibility index (Phi) is 2.96. The molecule has 0 aliphatic carbocycles. The van der Waals surface area contributed by atoms with E-state index in [0.717, 1.165) is 43.5 Å². The van der Waals surface area contributed by atoms with Crippen LogP contribution in [0.5, 0.6) is 0 Å². The maximum Gasteiger partial charge on any atom is 0.220 e. The van der Waals surface area contributed by atoms with E-state index in [1.165, 1.54) is 17.3 Å². The van der Waals surface area contributed by atoms with Gasteiger partial charge in [-0.1, -0.05) is 0 Å². The van der Waals surface area contributed by atoms with Gasteiger partial charge in [0.2, 0.25) is 5.91 Å². The van der Waals surface area contributed by atoms with Gasteiger partial charge >= 0.3 is 0 Å². The van der Waals surface area contributed by atoms with Crippen LogP contribution in [0.25, 0.3) is 10.9 Å². The van der Waals surface area contributed by atoms with E-state index in [1.807, 2.05) is 6.07 Å². The number of fused-ring (bicyclic) bond motifs is 3. The molecule has 5 heteroatoms. The molecule has 1 saturated heterocycles. The lowest BCUT2D eigenvalue weighted by Crippen LogP contribution is -2.35. The fraction of sp³-hybridized carbons (Fsp3) is 0.438. The summed E-state index contributed by atoms with van der Waals surface area (Å²) >= 11 is 0. The fourth-order valence-corrected chi connectivity index (χ4v) is 3.56. The van der Waals surface area contributed by atoms with Gasteiger partial charge in [0.05, 0.1) is 0 Å². The Morgan fingerprint density at radius 3 is 3.10 bits per heavy atom. The van der Waals surface area contributed by atoms with Crippen LogP contribution in [0.15, 0.2) is 18.2 Å². The largest absolute Gasteiger partial charge is 0.358 e. The number of benzene rings is 1. The Morgan fingerprint density at radius 1 is 1.38 bits per heavy atom. The molecule has 1 aromatic heterocycles. The van der Waals surface area contributed by atoms with Crippen molar-refractivity contribution in [3.05, 3.63) is 35.3 Å². The number of rotatable bonds is 2. The maximum atomic E-state index is 13.5. The summed E-state index contributed by atoms with van der Waals surface area (Å²) in [5, 5.41) is 3.88. The number of nitrogens with one attached hydrogen (secondary N) is 2. The Morgan fingerprint density at radius 2 is 2.29 bits per heavy atom. The van der Waals surface area contributed by atoms with Crippen molar-refractivity contribution in [2.24, 2.45) is 5.92 Å². The van der Waals surface area contributed by atoms with E-state index in [1.54, 1.807) is 6.07 Å². The van der Waals surface area contributed by atoms with Crippen LogP contribution in [-0.4, -0.2) is 35.4 Å². The highest BCUT2D eigenvalue weighted by atomic mass is 19.1. The number of carbonyl (C=O) groups excluding carboxylic acids is 1. The summed E-state index contributed by atoms with van der Waals surface area (Å²) in [6, 6.07) is 4.93. The minimum Gasteiger partial charge on any atom is -0.358 e. The fourth-order valence-electron chi connectivity index (χ4n) is 3.56. The van der Waals surface area contributed by atoms with Crippen molar-refractivity contribution in [1.82, 2.24) is 15.2 Å². The number of H-pyrrole nitrogens is 1. The molecule has 2 aromatic rings. The molecule has 21 heavy (non-hydrogen) atoms. The minimum absolute atomic E-state index is 0.159. The number of hydrogen-bond acceptors (Lipinski definition) is 2. The lowest BCUT2D eigenvalue weighted by Gasteiger charge is -2.28. The monoisotopic (exact) mass is 287 g/mol. The van der Waals surface area contributed by atoms with Crippen molar-refractivity contribution < 1.29 is 9.18 Å². The Balaban J connectivity index is 1.57. The van der Waals surface area contributed by atoms with E-state index >= 15 is 0 Å². The number of amides is 1. The van der Waals surface area contributed by atoms with Crippen LogP contribution in [0, 0.1) is 11.7 Å². The maximum absolute atomic E-state index is 13.5. The highest BCUT2D eigenvalue weighted by Crippen LogP contribution is 2.29. The summed E-state index contributed by atoms with van der Waals surface area (Å²) in [7, 11) is 0. The van der Waals surface area contributed by atoms with Crippen molar-refractivity contribution >= 4 is 16.8 Å². The van der Waals surface area contributed by atoms with Crippen molar-refractivity contribution in [2.75, 3.05) is 19.6 Å². The van der Waals surface area contributed by atoms with Crippen molar-refractivity contribution in [1.29, 1.82) is 0 Å². The summed E-state index contributed by atoms with van der Waals surface area (Å²) in [6.07, 6.45) is 1.59. The van der Waals surface area contributed by atoms with E-state index in [0.29, 0.717) is 12.3 Å². The first-order valence-corrected chi connectivity index (χ1v) is 7.47. The first-order chi connectivity index (χ1) is 10.2. The second-order valence-corrected chi connectivity index (χ2v) is 6.13. The average molecular weight is 287 g/mol. The molecular weight excluding hydrogens is 269 g/mol. The number of halogens is 1. The predicted molar refractivity (Wildman–Crippen MR) is 78.4 cm³/mol. The lowest BCUT2D eigenvalue weighted by molar-refractivity contribution is -0.119. The number of aromatic nitrogens is 1. The van der Waals surface area contributed by atoms with E-state index in [4.69, 9.17) is 0 Å². The molecule has 0 radical (unpaired) electrons. The molecule has 3 heterocycles. The number of aromatic amines is 1. The zero-order chi connectivity index (χ0) is 14.4. The normalized spacial score (nSPS) is 22.5. The third-order valence-corrected chi connectivity index (χ3v) is 4.59. The SMILES string of the molecule is O=C1C[C@@H](CN2CCc3[nH]c4ccc(F)cc4c3C2)CN1. The van der Waals surface area contributed by atoms with Gasteiger partial charge in [0.1, 0.15) is 5.82 Å². The van der Waals surface area contributed by atoms with Gasteiger partial charge in [-0.2, -0.15) is 0 Å². The summed E-state index contributed by atoms with van der Waals surface area (Å²) in [5.41, 5.74) is 3.46. The predicted octanol–water partition coefficient (Wildman–Crippen LogP) is 1.80. The summed E-state index contributed by atoms with van der Waals surface area (Å²) in [4.78, 5) is 17.1. The van der Waals surface area contributed by atoms with E-state index in [2.05, 4.69) is 15.2 Å². The topological polar surface area (TPSA) is 48.1 Å². The molecule has 1 aromatic carbocycles. The quantitative estimate of drug-likeness (QED) is 0.885. The van der Waals surface area contributed by atoms with Gasteiger partial charge in [-0.15, -0.1) is 0 Å². The second kappa shape index (κ2) is 4.84. The Bertz CT molecular complexity index is 709. The molecule has 1 atom stereocenters. The third kappa shape index (κ3) is 2.31. The van der Waals surface area contributed by atoms with Crippen LogP contribution in [0.1, 0.15) is 17.7 Å². The third-order valence-electron chi connectivity index (χ3n) is 4.59. The van der Waals surface area contributed by atoms with Gasteiger partial charge in [-0.25, -0.2) is 4.39 Å². The van der Waals surface area contributed by atoms with Gasteiger partial charge in [-0.05, 0) is 29.7 Å². The van der Waals surface area contributed by atoms with Crippen molar-refractivity contribution in [3.63, 3.8) is 0 Å². The highest BCUT2D eigenvalue weighted by molar-refractivity contribution is 5.85. The number of nitrogens with zero attached hydrogens (tertiary/aromatic N) is 1. The molecule has 4 nitrogen and oxygen atoms in total. The Labute approximate surface area is 122 Å². The molecule has 4 rings (SSSR count). The first kappa shape index (κ1) is 12.8. The van der Waals surface area contributed by atoms with Gasteiger partial charge in [0.25, 0.3) is 0 Å². The smallest absolute Gasteiger partial charge is 0.220 e. The summed E-state index contributed by atoms with van der Waals surface area (Å²) in [5.74, 6) is 0.375. The van der Waals surface area contributed by atoms with Crippen LogP contribution in [0.4, 0.5) is 4.39 Å². The van der Waals surface area contributed by atoms with E-state index < -0.39 is 0 Å². The van der Waals surface area contributed by atoms with E-state index in [9.17, 15) is 9.18 Å². The van der Waals surface area contributed by atoms with Gasteiger partial charge in [0, 0.05) is 55.6 Å². The molecule has 0 spiro atoms.